The van der Waals surface area contributed by atoms with E-state index in [2.05, 4.69) is 25.5 Å². The van der Waals surface area contributed by atoms with Gasteiger partial charge in [0.2, 0.25) is 5.91 Å². The van der Waals surface area contributed by atoms with Gasteiger partial charge in [-0.15, -0.1) is 0 Å². The van der Waals surface area contributed by atoms with Gasteiger partial charge in [0.15, 0.2) is 5.78 Å². The molecule has 174 valence electrons. The lowest BCUT2D eigenvalue weighted by molar-refractivity contribution is -0.121. The Morgan fingerprint density at radius 1 is 1.24 bits per heavy atom. The highest BCUT2D eigenvalue weighted by atomic mass is 35.5. The molecule has 0 radical (unpaired) electrons. The first-order chi connectivity index (χ1) is 16.0. The van der Waals surface area contributed by atoms with Gasteiger partial charge in [0.1, 0.15) is 23.8 Å². The van der Waals surface area contributed by atoms with Crippen molar-refractivity contribution in [2.75, 3.05) is 28.6 Å². The largest absolute Gasteiger partial charge is 0.375 e. The van der Waals surface area contributed by atoms with Gasteiger partial charge in [-0.3, -0.25) is 9.59 Å². The van der Waals surface area contributed by atoms with E-state index in [4.69, 9.17) is 11.6 Å². The quantitative estimate of drug-likeness (QED) is 0.628. The van der Waals surface area contributed by atoms with Crippen LogP contribution in [0.25, 0.3) is 0 Å². The number of aromatic nitrogens is 2. The summed E-state index contributed by atoms with van der Waals surface area (Å²) in [7, 11) is 0. The van der Waals surface area contributed by atoms with Gasteiger partial charge >= 0.3 is 0 Å². The lowest BCUT2D eigenvalue weighted by Gasteiger charge is -2.35. The van der Waals surface area contributed by atoms with E-state index in [-0.39, 0.29) is 29.6 Å². The number of anilines is 3. The van der Waals surface area contributed by atoms with Gasteiger partial charge in [0.25, 0.3) is 0 Å². The molecule has 1 amide bonds. The van der Waals surface area contributed by atoms with Crippen molar-refractivity contribution in [2.45, 2.75) is 51.0 Å². The van der Waals surface area contributed by atoms with E-state index in [9.17, 15) is 14.0 Å². The van der Waals surface area contributed by atoms with E-state index in [1.165, 1.54) is 18.5 Å². The maximum Gasteiger partial charge on any atom is 0.225 e. The smallest absolute Gasteiger partial charge is 0.225 e. The van der Waals surface area contributed by atoms with Crippen LogP contribution in [0.3, 0.4) is 0 Å². The van der Waals surface area contributed by atoms with Crippen LogP contribution in [0.15, 0.2) is 24.5 Å². The molecule has 0 bridgehead atoms. The molecule has 2 atom stereocenters. The minimum Gasteiger partial charge on any atom is -0.375 e. The van der Waals surface area contributed by atoms with Crippen molar-refractivity contribution in [1.29, 1.82) is 0 Å². The number of hydrogen-bond acceptors (Lipinski definition) is 6. The molecule has 5 rings (SSSR count). The predicted octanol–water partition coefficient (Wildman–Crippen LogP) is 4.22. The van der Waals surface area contributed by atoms with Gasteiger partial charge < -0.3 is 15.5 Å². The van der Waals surface area contributed by atoms with E-state index in [0.29, 0.717) is 35.8 Å². The van der Waals surface area contributed by atoms with Crippen LogP contribution in [0.4, 0.5) is 21.7 Å². The summed E-state index contributed by atoms with van der Waals surface area (Å²) >= 11 is 5.99. The summed E-state index contributed by atoms with van der Waals surface area (Å²) in [5.74, 6) is 1.70. The van der Waals surface area contributed by atoms with Crippen LogP contribution in [-0.2, 0) is 16.0 Å². The number of carbonyl (C=O) groups is 2. The van der Waals surface area contributed by atoms with Crippen LogP contribution in [0.5, 0.6) is 0 Å². The minimum atomic E-state index is -0.417. The number of fused-ring (bicyclic) bond motifs is 1. The highest BCUT2D eigenvalue weighted by molar-refractivity contribution is 6.30. The van der Waals surface area contributed by atoms with Crippen LogP contribution in [0, 0.1) is 17.7 Å². The zero-order valence-electron chi connectivity index (χ0n) is 18.3. The number of Topliss-reactive ketones (excluding diaryl/α,β-unsaturated/α-hetero) is 1. The van der Waals surface area contributed by atoms with Gasteiger partial charge in [-0.25, -0.2) is 14.4 Å². The highest BCUT2D eigenvalue weighted by Crippen LogP contribution is 2.37. The predicted molar refractivity (Wildman–Crippen MR) is 125 cm³/mol. The minimum absolute atomic E-state index is 0.0209. The normalized spacial score (nSPS) is 21.2. The molecule has 9 heteroatoms. The molecule has 7 nitrogen and oxygen atoms in total. The second-order valence-corrected chi connectivity index (χ2v) is 9.75. The van der Waals surface area contributed by atoms with Crippen molar-refractivity contribution < 1.29 is 14.0 Å². The molecule has 3 aliphatic rings. The number of nitrogens with one attached hydrogen (secondary N) is 2. The number of hydrogen-bond donors (Lipinski definition) is 2. The second kappa shape index (κ2) is 9.25. The summed E-state index contributed by atoms with van der Waals surface area (Å²) < 4.78 is 13.8. The van der Waals surface area contributed by atoms with Gasteiger partial charge in [-0.1, -0.05) is 11.6 Å². The van der Waals surface area contributed by atoms with Crippen LogP contribution in [-0.4, -0.2) is 40.8 Å². The SMILES string of the molecule is O=C1CCc2c(ncnc2N2CCC[C@@H](CC(=O)[C@H](Nc3cc(F)cc(Cl)c3)C3CC3)C2)N1. The average Bonchev–Trinajstić information content (AvgIpc) is 3.61. The Kier molecular flexibility index (Phi) is 6.19. The zero-order valence-corrected chi connectivity index (χ0v) is 19.1. The second-order valence-electron chi connectivity index (χ2n) is 9.31. The third-order valence-corrected chi connectivity index (χ3v) is 6.93. The standard InChI is InChI=1S/C24H27ClFN5O2/c25-16-9-17(26)11-18(10-16)29-22(15-3-4-15)20(32)8-14-2-1-7-31(12-14)24-19-5-6-21(33)30-23(19)27-13-28-24/h9-11,13-15,22,29H,1-8,12H2,(H,27,28,30,33)/t14-,22+/m0/s1. The maximum absolute atomic E-state index is 13.8. The number of ketones is 1. The van der Waals surface area contributed by atoms with E-state index >= 15 is 0 Å². The number of piperidine rings is 1. The Balaban J connectivity index is 1.27. The molecule has 2 aromatic rings. The molecule has 0 spiro atoms. The lowest BCUT2D eigenvalue weighted by atomic mass is 9.89. The Morgan fingerprint density at radius 3 is 2.88 bits per heavy atom. The van der Waals surface area contributed by atoms with Gasteiger partial charge in [-0.05, 0) is 62.1 Å². The van der Waals surface area contributed by atoms with Crippen LogP contribution >= 0.6 is 11.6 Å². The van der Waals surface area contributed by atoms with Gasteiger partial charge in [-0.2, -0.15) is 0 Å². The number of nitrogens with zero attached hydrogens (tertiary/aromatic N) is 3. The Morgan fingerprint density at radius 2 is 2.09 bits per heavy atom. The van der Waals surface area contributed by atoms with Crippen LogP contribution in [0.1, 0.15) is 44.1 Å². The zero-order chi connectivity index (χ0) is 22.9. The van der Waals surface area contributed by atoms with Crippen molar-refractivity contribution in [2.24, 2.45) is 11.8 Å². The summed E-state index contributed by atoms with van der Waals surface area (Å²) in [6.07, 6.45) is 6.98. The average molecular weight is 472 g/mol. The number of amides is 1. The first kappa shape index (κ1) is 22.1. The molecule has 2 fully saturated rings. The van der Waals surface area contributed by atoms with Crippen LogP contribution < -0.4 is 15.5 Å². The van der Waals surface area contributed by atoms with E-state index < -0.39 is 5.82 Å². The molecule has 1 aromatic heterocycles. The van der Waals surface area contributed by atoms with Gasteiger partial charge in [0, 0.05) is 42.2 Å². The molecule has 1 aromatic carbocycles. The number of benzene rings is 1. The molecule has 1 saturated heterocycles. The van der Waals surface area contributed by atoms with E-state index in [1.807, 2.05) is 0 Å². The van der Waals surface area contributed by atoms with Crippen molar-refractivity contribution in [3.05, 3.63) is 40.9 Å². The molecule has 2 N–H and O–H groups in total. The van der Waals surface area contributed by atoms with Gasteiger partial charge in [0.05, 0.1) is 6.04 Å². The lowest BCUT2D eigenvalue weighted by Crippen LogP contribution is -2.40. The number of rotatable bonds is 7. The molecule has 2 aliphatic heterocycles. The number of carbonyl (C=O) groups excluding carboxylic acids is 2. The van der Waals surface area contributed by atoms with Crippen molar-refractivity contribution in [3.63, 3.8) is 0 Å². The third kappa shape index (κ3) is 5.11. The van der Waals surface area contributed by atoms with E-state index in [1.54, 1.807) is 6.07 Å². The summed E-state index contributed by atoms with van der Waals surface area (Å²) in [5, 5.41) is 6.40. The Hall–Kier alpha value is -2.74. The first-order valence-electron chi connectivity index (χ1n) is 11.6. The first-order valence-corrected chi connectivity index (χ1v) is 12.0. The monoisotopic (exact) mass is 471 g/mol. The fourth-order valence-electron chi connectivity index (χ4n) is 4.99. The molecule has 0 unspecified atom stereocenters. The molecule has 1 saturated carbocycles. The molecule has 33 heavy (non-hydrogen) atoms. The molecular weight excluding hydrogens is 445 g/mol. The third-order valence-electron chi connectivity index (χ3n) is 6.72. The number of halogens is 2. The van der Waals surface area contributed by atoms with Crippen molar-refractivity contribution in [1.82, 2.24) is 9.97 Å². The van der Waals surface area contributed by atoms with Crippen molar-refractivity contribution >= 4 is 40.6 Å². The molecule has 3 heterocycles. The summed E-state index contributed by atoms with van der Waals surface area (Å²) in [6, 6.07) is 3.98. The maximum atomic E-state index is 13.8. The molecule has 1 aliphatic carbocycles. The Bertz CT molecular complexity index is 1060. The molecular formula is C24H27ClFN5O2. The van der Waals surface area contributed by atoms with Crippen molar-refractivity contribution in [3.8, 4) is 0 Å². The van der Waals surface area contributed by atoms with Crippen LogP contribution in [0.2, 0.25) is 5.02 Å². The summed E-state index contributed by atoms with van der Waals surface area (Å²) in [5.41, 5.74) is 1.52. The highest BCUT2D eigenvalue weighted by Gasteiger charge is 2.37. The Labute approximate surface area is 197 Å². The summed E-state index contributed by atoms with van der Waals surface area (Å²) in [6.45, 7) is 1.61. The topological polar surface area (TPSA) is 87.2 Å². The summed E-state index contributed by atoms with van der Waals surface area (Å²) in [4.78, 5) is 36.0. The van der Waals surface area contributed by atoms with E-state index in [0.717, 1.165) is 50.2 Å². The fourth-order valence-corrected chi connectivity index (χ4v) is 5.21. The fraction of sp³-hybridized carbons (Fsp3) is 0.500.